The first-order valence-corrected chi connectivity index (χ1v) is 8.41. The number of fused-ring (bicyclic) bond motifs is 2. The Bertz CT molecular complexity index is 857. The minimum Gasteiger partial charge on any atom is -0.369 e. The number of halogens is 3. The van der Waals surface area contributed by atoms with Crippen LogP contribution in [-0.2, 0) is 30.3 Å². The van der Waals surface area contributed by atoms with Crippen LogP contribution in [-0.4, -0.2) is 43.9 Å². The summed E-state index contributed by atoms with van der Waals surface area (Å²) in [5, 5.41) is 12.8. The molecule has 0 radical (unpaired) electrons. The molecule has 26 heavy (non-hydrogen) atoms. The fraction of sp³-hybridized carbons (Fsp3) is 0.562. The van der Waals surface area contributed by atoms with Gasteiger partial charge in [-0.2, -0.15) is 23.4 Å². The Morgan fingerprint density at radius 3 is 2.73 bits per heavy atom. The molecule has 2 atom stereocenters. The Hall–Kier alpha value is -2.36. The van der Waals surface area contributed by atoms with Gasteiger partial charge in [-0.3, -0.25) is 15.0 Å². The predicted molar refractivity (Wildman–Crippen MR) is 83.3 cm³/mol. The molecule has 2 aromatic heterocycles. The number of carbonyl (C=O) groups is 1. The highest BCUT2D eigenvalue weighted by Crippen LogP contribution is 2.35. The Kier molecular flexibility index (Phi) is 3.83. The SMILES string of the molecule is C[C@@H]1Cc2c(C(=O)N3CCc4[nH]nc(C(F)(F)F)c4C3)n[nH]c2[C@H](C)O1. The molecule has 0 fully saturated rings. The maximum absolute atomic E-state index is 13.1. The minimum atomic E-state index is -4.55. The van der Waals surface area contributed by atoms with E-state index < -0.39 is 11.9 Å². The molecule has 10 heteroatoms. The molecule has 4 rings (SSSR count). The van der Waals surface area contributed by atoms with E-state index in [1.165, 1.54) is 4.90 Å². The smallest absolute Gasteiger partial charge is 0.369 e. The van der Waals surface area contributed by atoms with E-state index in [9.17, 15) is 18.0 Å². The minimum absolute atomic E-state index is 0.0339. The molecule has 1 amide bonds. The lowest BCUT2D eigenvalue weighted by Crippen LogP contribution is -2.37. The van der Waals surface area contributed by atoms with Crippen LogP contribution in [0.4, 0.5) is 13.2 Å². The third-order valence-corrected chi connectivity index (χ3v) is 4.93. The number of amides is 1. The van der Waals surface area contributed by atoms with Crippen LogP contribution in [0.15, 0.2) is 0 Å². The highest BCUT2D eigenvalue weighted by molar-refractivity contribution is 5.94. The number of hydrogen-bond donors (Lipinski definition) is 2. The van der Waals surface area contributed by atoms with E-state index in [1.807, 2.05) is 13.8 Å². The highest BCUT2D eigenvalue weighted by Gasteiger charge is 2.40. The quantitative estimate of drug-likeness (QED) is 0.808. The van der Waals surface area contributed by atoms with Gasteiger partial charge in [0.2, 0.25) is 0 Å². The molecule has 0 unspecified atom stereocenters. The fourth-order valence-electron chi connectivity index (χ4n) is 3.70. The van der Waals surface area contributed by atoms with Crippen molar-refractivity contribution in [2.45, 2.75) is 51.6 Å². The molecule has 0 bridgehead atoms. The molecular weight excluding hydrogens is 351 g/mol. The molecule has 4 heterocycles. The molecule has 0 aliphatic carbocycles. The van der Waals surface area contributed by atoms with Crippen LogP contribution >= 0.6 is 0 Å². The number of hydrogen-bond acceptors (Lipinski definition) is 4. The van der Waals surface area contributed by atoms with Gasteiger partial charge in [0.1, 0.15) is 0 Å². The van der Waals surface area contributed by atoms with Crippen LogP contribution in [0.1, 0.15) is 58.6 Å². The molecule has 0 saturated carbocycles. The van der Waals surface area contributed by atoms with Crippen LogP contribution in [0.5, 0.6) is 0 Å². The standard InChI is InChI=1S/C16H18F3N5O2/c1-7-5-9-12(8(2)26-7)21-22-13(9)15(25)24-4-3-11-10(6-24)14(23-20-11)16(17,18)19/h7-8H,3-6H2,1-2H3,(H,20,23)(H,21,22)/t7-,8+/m1/s1. The lowest BCUT2D eigenvalue weighted by Gasteiger charge is -2.28. The second-order valence-corrected chi connectivity index (χ2v) is 6.76. The molecule has 2 N–H and O–H groups in total. The summed E-state index contributed by atoms with van der Waals surface area (Å²) in [6.45, 7) is 3.96. The summed E-state index contributed by atoms with van der Waals surface area (Å²) in [7, 11) is 0. The first-order valence-electron chi connectivity index (χ1n) is 8.41. The number of rotatable bonds is 1. The topological polar surface area (TPSA) is 86.9 Å². The van der Waals surface area contributed by atoms with Gasteiger partial charge >= 0.3 is 6.18 Å². The molecule has 0 aromatic carbocycles. The second-order valence-electron chi connectivity index (χ2n) is 6.76. The zero-order valence-corrected chi connectivity index (χ0v) is 14.3. The first kappa shape index (κ1) is 17.1. The average Bonchev–Trinajstić information content (AvgIpc) is 3.16. The van der Waals surface area contributed by atoms with E-state index >= 15 is 0 Å². The van der Waals surface area contributed by atoms with Crippen molar-refractivity contribution < 1.29 is 22.7 Å². The fourth-order valence-corrected chi connectivity index (χ4v) is 3.70. The van der Waals surface area contributed by atoms with E-state index in [2.05, 4.69) is 20.4 Å². The monoisotopic (exact) mass is 369 g/mol. The number of H-pyrrole nitrogens is 2. The first-order chi connectivity index (χ1) is 12.3. The number of nitrogens with zero attached hydrogens (tertiary/aromatic N) is 3. The number of aromatic nitrogens is 4. The predicted octanol–water partition coefficient (Wildman–Crippen LogP) is 2.37. The lowest BCUT2D eigenvalue weighted by molar-refractivity contribution is -0.142. The zero-order valence-electron chi connectivity index (χ0n) is 14.3. The third kappa shape index (κ3) is 2.68. The molecular formula is C16H18F3N5O2. The van der Waals surface area contributed by atoms with Gasteiger partial charge in [0.25, 0.3) is 5.91 Å². The van der Waals surface area contributed by atoms with Crippen molar-refractivity contribution >= 4 is 5.91 Å². The molecule has 2 aliphatic heterocycles. The summed E-state index contributed by atoms with van der Waals surface area (Å²) in [5.41, 5.74) is 1.32. The van der Waals surface area contributed by atoms with Gasteiger partial charge in [0, 0.05) is 36.2 Å². The Balaban J connectivity index is 1.63. The summed E-state index contributed by atoms with van der Waals surface area (Å²) in [6, 6.07) is 0. The summed E-state index contributed by atoms with van der Waals surface area (Å²) in [6.07, 6.45) is -3.98. The van der Waals surface area contributed by atoms with E-state index in [1.54, 1.807) is 0 Å². The van der Waals surface area contributed by atoms with E-state index in [0.29, 0.717) is 25.1 Å². The van der Waals surface area contributed by atoms with E-state index in [4.69, 9.17) is 4.74 Å². The highest BCUT2D eigenvalue weighted by atomic mass is 19.4. The van der Waals surface area contributed by atoms with E-state index in [-0.39, 0.29) is 35.9 Å². The van der Waals surface area contributed by atoms with Gasteiger partial charge in [-0.25, -0.2) is 0 Å². The van der Waals surface area contributed by atoms with Gasteiger partial charge in [-0.1, -0.05) is 0 Å². The number of aromatic amines is 2. The van der Waals surface area contributed by atoms with Gasteiger partial charge in [0.05, 0.1) is 24.4 Å². The molecule has 140 valence electrons. The van der Waals surface area contributed by atoms with Crippen LogP contribution < -0.4 is 0 Å². The van der Waals surface area contributed by atoms with Crippen molar-refractivity contribution in [2.24, 2.45) is 0 Å². The van der Waals surface area contributed by atoms with E-state index in [0.717, 1.165) is 11.3 Å². The Morgan fingerprint density at radius 1 is 1.23 bits per heavy atom. The number of ether oxygens (including phenoxy) is 1. The lowest BCUT2D eigenvalue weighted by atomic mass is 9.98. The number of carbonyl (C=O) groups excluding carboxylic acids is 1. The maximum Gasteiger partial charge on any atom is 0.435 e. The van der Waals surface area contributed by atoms with Crippen molar-refractivity contribution in [1.82, 2.24) is 25.3 Å². The van der Waals surface area contributed by atoms with Crippen molar-refractivity contribution in [1.29, 1.82) is 0 Å². The summed E-state index contributed by atoms with van der Waals surface area (Å²) in [5.74, 6) is -0.372. The van der Waals surface area contributed by atoms with Crippen molar-refractivity contribution in [3.63, 3.8) is 0 Å². The van der Waals surface area contributed by atoms with Crippen molar-refractivity contribution in [3.05, 3.63) is 33.9 Å². The second kappa shape index (κ2) is 5.83. The summed E-state index contributed by atoms with van der Waals surface area (Å²) < 4.78 is 45.0. The summed E-state index contributed by atoms with van der Waals surface area (Å²) in [4.78, 5) is 14.3. The Morgan fingerprint density at radius 2 is 2.00 bits per heavy atom. The van der Waals surface area contributed by atoms with Crippen molar-refractivity contribution in [2.75, 3.05) is 6.54 Å². The third-order valence-electron chi connectivity index (χ3n) is 4.93. The van der Waals surface area contributed by atoms with Gasteiger partial charge in [0.15, 0.2) is 11.4 Å². The molecule has 2 aromatic rings. The van der Waals surface area contributed by atoms with Crippen molar-refractivity contribution in [3.8, 4) is 0 Å². The molecule has 0 saturated heterocycles. The van der Waals surface area contributed by atoms with Crippen LogP contribution in [0, 0.1) is 0 Å². The van der Waals surface area contributed by atoms with Crippen LogP contribution in [0.2, 0.25) is 0 Å². The molecule has 0 spiro atoms. The normalized spacial score (nSPS) is 22.9. The number of alkyl halides is 3. The molecule has 2 aliphatic rings. The van der Waals surface area contributed by atoms with Crippen LogP contribution in [0.25, 0.3) is 0 Å². The Labute approximate surface area is 146 Å². The van der Waals surface area contributed by atoms with Gasteiger partial charge < -0.3 is 9.64 Å². The summed E-state index contributed by atoms with van der Waals surface area (Å²) >= 11 is 0. The average molecular weight is 369 g/mol. The number of nitrogens with one attached hydrogen (secondary N) is 2. The maximum atomic E-state index is 13.1. The molecule has 7 nitrogen and oxygen atoms in total. The van der Waals surface area contributed by atoms with Gasteiger partial charge in [-0.15, -0.1) is 0 Å². The zero-order chi connectivity index (χ0) is 18.6. The van der Waals surface area contributed by atoms with Gasteiger partial charge in [-0.05, 0) is 13.8 Å². The largest absolute Gasteiger partial charge is 0.435 e. The van der Waals surface area contributed by atoms with Crippen LogP contribution in [0.3, 0.4) is 0 Å².